The van der Waals surface area contributed by atoms with Crippen LogP contribution in [0.5, 0.6) is 0 Å². The summed E-state index contributed by atoms with van der Waals surface area (Å²) in [5, 5.41) is 2.75. The van der Waals surface area contributed by atoms with Crippen LogP contribution in [0.15, 0.2) is 14.7 Å². The van der Waals surface area contributed by atoms with Gasteiger partial charge in [0.15, 0.2) is 0 Å². The van der Waals surface area contributed by atoms with Gasteiger partial charge >= 0.3 is 6.03 Å². The fraction of sp³-hybridized carbons (Fsp3) is 0.545. The number of aryl methyl sites for hydroxylation is 1. The lowest BCUT2D eigenvalue weighted by Gasteiger charge is -2.35. The van der Waals surface area contributed by atoms with E-state index in [1.165, 1.54) is 15.6 Å². The van der Waals surface area contributed by atoms with E-state index >= 15 is 0 Å². The molecular weight excluding hydrogens is 366 g/mol. The fourth-order valence-corrected chi connectivity index (χ4v) is 6.47. The molecule has 2 aliphatic heterocycles. The Hall–Kier alpha value is -0.640. The van der Waals surface area contributed by atoms with E-state index in [2.05, 4.69) is 21.2 Å². The average Bonchev–Trinajstić information content (AvgIpc) is 2.93. The first-order valence-corrected chi connectivity index (χ1v) is 9.25. The smallest absolute Gasteiger partial charge is 0.317 e. The molecular formula is C11H14BrN3O3S2. The van der Waals surface area contributed by atoms with Crippen LogP contribution in [0.1, 0.15) is 4.88 Å². The maximum absolute atomic E-state index is 12.7. The molecule has 0 saturated carbocycles. The highest BCUT2D eigenvalue weighted by Gasteiger charge is 2.40. The van der Waals surface area contributed by atoms with E-state index in [4.69, 9.17) is 0 Å². The fourth-order valence-electron chi connectivity index (χ4n) is 2.62. The first-order valence-electron chi connectivity index (χ1n) is 6.20. The summed E-state index contributed by atoms with van der Waals surface area (Å²) in [6.07, 6.45) is 0. The number of nitrogens with zero attached hydrogens (tertiary/aromatic N) is 2. The van der Waals surface area contributed by atoms with Gasteiger partial charge in [0.1, 0.15) is 0 Å². The summed E-state index contributed by atoms with van der Waals surface area (Å²) in [4.78, 5) is 14.4. The zero-order valence-corrected chi connectivity index (χ0v) is 14.0. The second-order valence-electron chi connectivity index (χ2n) is 4.87. The molecule has 110 valence electrons. The highest BCUT2D eigenvalue weighted by atomic mass is 79.9. The highest BCUT2D eigenvalue weighted by Crippen LogP contribution is 2.32. The molecule has 0 bridgehead atoms. The molecule has 6 nitrogen and oxygen atoms in total. The molecule has 3 heterocycles. The van der Waals surface area contributed by atoms with Gasteiger partial charge in [-0.25, -0.2) is 13.2 Å². The Morgan fingerprint density at radius 2 is 2.20 bits per heavy atom. The van der Waals surface area contributed by atoms with Crippen LogP contribution in [0, 0.1) is 6.92 Å². The van der Waals surface area contributed by atoms with Crippen LogP contribution in [-0.2, 0) is 10.0 Å². The number of thiophene rings is 1. The molecule has 0 aromatic carbocycles. The van der Waals surface area contributed by atoms with Crippen LogP contribution in [0.4, 0.5) is 4.79 Å². The predicted molar refractivity (Wildman–Crippen MR) is 79.4 cm³/mol. The number of hydrogen-bond donors (Lipinski definition) is 1. The molecule has 1 aromatic heterocycles. The zero-order chi connectivity index (χ0) is 14.5. The van der Waals surface area contributed by atoms with Gasteiger partial charge in [-0.2, -0.15) is 4.31 Å². The summed E-state index contributed by atoms with van der Waals surface area (Å²) < 4.78 is 27.7. The zero-order valence-electron chi connectivity index (χ0n) is 10.8. The Balaban J connectivity index is 1.86. The van der Waals surface area contributed by atoms with Gasteiger partial charge in [-0.3, -0.25) is 0 Å². The number of carbonyl (C=O) groups is 1. The van der Waals surface area contributed by atoms with Gasteiger partial charge in [-0.05, 0) is 28.9 Å². The number of amides is 2. The van der Waals surface area contributed by atoms with Crippen molar-refractivity contribution >= 4 is 43.3 Å². The van der Waals surface area contributed by atoms with Gasteiger partial charge in [-0.15, -0.1) is 11.3 Å². The minimum atomic E-state index is -3.48. The van der Waals surface area contributed by atoms with Gasteiger partial charge in [0.05, 0.1) is 14.7 Å². The minimum absolute atomic E-state index is 0.0617. The van der Waals surface area contributed by atoms with E-state index in [1.807, 2.05) is 0 Å². The standard InChI is InChI=1S/C11H14BrN3O3S2/c1-7-9(4-10(12)19-7)20(17,18)14-2-3-15-8(6-14)5-13-11(15)16/h4,8H,2-3,5-6H2,1H3,(H,13,16). The maximum atomic E-state index is 12.7. The van der Waals surface area contributed by atoms with Gasteiger partial charge in [0.2, 0.25) is 10.0 Å². The first kappa shape index (κ1) is 14.3. The third-order valence-electron chi connectivity index (χ3n) is 3.66. The second-order valence-corrected chi connectivity index (χ2v) is 9.41. The van der Waals surface area contributed by atoms with Gasteiger partial charge in [0.25, 0.3) is 0 Å². The Bertz CT molecular complexity index is 658. The molecule has 1 atom stereocenters. The molecule has 20 heavy (non-hydrogen) atoms. The minimum Gasteiger partial charge on any atom is -0.336 e. The van der Waals surface area contributed by atoms with E-state index < -0.39 is 10.0 Å². The second kappa shape index (κ2) is 4.97. The molecule has 9 heteroatoms. The predicted octanol–water partition coefficient (Wildman–Crippen LogP) is 1.22. The molecule has 0 aliphatic carbocycles. The van der Waals surface area contributed by atoms with Gasteiger partial charge in [-0.1, -0.05) is 0 Å². The average molecular weight is 380 g/mol. The molecule has 0 spiro atoms. The van der Waals surface area contributed by atoms with Crippen molar-refractivity contribution in [3.05, 3.63) is 14.7 Å². The van der Waals surface area contributed by atoms with Crippen LogP contribution < -0.4 is 5.32 Å². The van der Waals surface area contributed by atoms with Crippen molar-refractivity contribution in [3.8, 4) is 0 Å². The molecule has 1 unspecified atom stereocenters. The normalized spacial score (nSPS) is 23.8. The summed E-state index contributed by atoms with van der Waals surface area (Å²) in [6, 6.07) is 1.50. The molecule has 2 amide bonds. The number of hydrogen-bond acceptors (Lipinski definition) is 4. The summed E-state index contributed by atoms with van der Waals surface area (Å²) >= 11 is 4.74. The molecule has 2 fully saturated rings. The number of halogens is 1. The summed E-state index contributed by atoms with van der Waals surface area (Å²) in [6.45, 7) is 3.46. The maximum Gasteiger partial charge on any atom is 0.317 e. The number of piperazine rings is 1. The van der Waals surface area contributed by atoms with Crippen molar-refractivity contribution in [2.45, 2.75) is 17.9 Å². The van der Waals surface area contributed by atoms with Crippen LogP contribution in [0.25, 0.3) is 0 Å². The van der Waals surface area contributed by atoms with E-state index in [1.54, 1.807) is 17.9 Å². The van der Waals surface area contributed by atoms with E-state index in [0.29, 0.717) is 31.1 Å². The largest absolute Gasteiger partial charge is 0.336 e. The summed E-state index contributed by atoms with van der Waals surface area (Å²) in [5.41, 5.74) is 0. The topological polar surface area (TPSA) is 69.7 Å². The summed E-state index contributed by atoms with van der Waals surface area (Å²) in [7, 11) is -3.48. The third-order valence-corrected chi connectivity index (χ3v) is 7.33. The first-order chi connectivity index (χ1) is 9.39. The van der Waals surface area contributed by atoms with Crippen molar-refractivity contribution in [1.29, 1.82) is 0 Å². The molecule has 2 saturated heterocycles. The van der Waals surface area contributed by atoms with Crippen molar-refractivity contribution in [2.75, 3.05) is 26.2 Å². The molecule has 0 radical (unpaired) electrons. The number of sulfonamides is 1. The number of urea groups is 1. The highest BCUT2D eigenvalue weighted by molar-refractivity contribution is 9.11. The van der Waals surface area contributed by atoms with Crippen LogP contribution in [0.3, 0.4) is 0 Å². The van der Waals surface area contributed by atoms with E-state index in [-0.39, 0.29) is 12.1 Å². The molecule has 1 N–H and O–H groups in total. The van der Waals surface area contributed by atoms with E-state index in [9.17, 15) is 13.2 Å². The lowest BCUT2D eigenvalue weighted by atomic mass is 10.2. The van der Waals surface area contributed by atoms with E-state index in [0.717, 1.165) is 8.66 Å². The SMILES string of the molecule is Cc1sc(Br)cc1S(=O)(=O)N1CCN2C(=O)NCC2C1. The monoisotopic (exact) mass is 379 g/mol. The third kappa shape index (κ3) is 2.26. The lowest BCUT2D eigenvalue weighted by Crippen LogP contribution is -2.53. The lowest BCUT2D eigenvalue weighted by molar-refractivity contribution is 0.164. The Kier molecular flexibility index (Phi) is 3.56. The van der Waals surface area contributed by atoms with Gasteiger partial charge < -0.3 is 10.2 Å². The number of nitrogens with one attached hydrogen (secondary N) is 1. The van der Waals surface area contributed by atoms with Crippen molar-refractivity contribution in [3.63, 3.8) is 0 Å². The Labute approximate surface area is 129 Å². The number of fused-ring (bicyclic) bond motifs is 1. The Morgan fingerprint density at radius 3 is 2.85 bits per heavy atom. The molecule has 2 aliphatic rings. The quantitative estimate of drug-likeness (QED) is 0.839. The van der Waals surface area contributed by atoms with Crippen molar-refractivity contribution in [1.82, 2.24) is 14.5 Å². The number of rotatable bonds is 2. The number of carbonyl (C=O) groups excluding carboxylic acids is 1. The summed E-state index contributed by atoms with van der Waals surface area (Å²) in [5.74, 6) is 0. The molecule has 1 aromatic rings. The Morgan fingerprint density at radius 1 is 1.45 bits per heavy atom. The van der Waals surface area contributed by atoms with Gasteiger partial charge in [0, 0.05) is 31.1 Å². The molecule has 3 rings (SSSR count). The van der Waals surface area contributed by atoms with Crippen molar-refractivity contribution < 1.29 is 13.2 Å². The van der Waals surface area contributed by atoms with Crippen LogP contribution in [-0.4, -0.2) is 55.9 Å². The van der Waals surface area contributed by atoms with Crippen LogP contribution in [0.2, 0.25) is 0 Å². The van der Waals surface area contributed by atoms with Crippen molar-refractivity contribution in [2.24, 2.45) is 0 Å². The van der Waals surface area contributed by atoms with Crippen LogP contribution >= 0.6 is 27.3 Å².